The predicted molar refractivity (Wildman–Crippen MR) is 65.2 cm³/mol. The zero-order valence-electron chi connectivity index (χ0n) is 9.80. The average molecular weight is 231 g/mol. The summed E-state index contributed by atoms with van der Waals surface area (Å²) in [6, 6.07) is 0. The van der Waals surface area contributed by atoms with Crippen LogP contribution in [0.2, 0.25) is 0 Å². The minimum absolute atomic E-state index is 0.159. The van der Waals surface area contributed by atoms with E-state index < -0.39 is 0 Å². The third-order valence-electron chi connectivity index (χ3n) is 2.97. The van der Waals surface area contributed by atoms with Gasteiger partial charge in [-0.05, 0) is 31.2 Å². The van der Waals surface area contributed by atoms with Gasteiger partial charge in [0.1, 0.15) is 6.33 Å². The van der Waals surface area contributed by atoms with Gasteiger partial charge in [-0.3, -0.25) is 4.79 Å². The van der Waals surface area contributed by atoms with Crippen molar-refractivity contribution in [3.05, 3.63) is 36.4 Å². The number of carbonyl (C=O) groups excluding carboxylic acids is 1. The van der Waals surface area contributed by atoms with E-state index in [4.69, 9.17) is 0 Å². The second-order valence-electron chi connectivity index (χ2n) is 4.27. The van der Waals surface area contributed by atoms with Crippen LogP contribution >= 0.6 is 0 Å². The van der Waals surface area contributed by atoms with Gasteiger partial charge in [0.05, 0.1) is 0 Å². The van der Waals surface area contributed by atoms with Gasteiger partial charge in [-0.25, -0.2) is 9.97 Å². The Morgan fingerprint density at radius 1 is 1.35 bits per heavy atom. The highest BCUT2D eigenvalue weighted by atomic mass is 16.1. The molecule has 1 N–H and O–H groups in total. The van der Waals surface area contributed by atoms with Crippen LogP contribution in [0.4, 0.5) is 0 Å². The third-order valence-corrected chi connectivity index (χ3v) is 2.97. The van der Waals surface area contributed by atoms with E-state index in [1.807, 2.05) is 0 Å². The fourth-order valence-electron chi connectivity index (χ4n) is 1.97. The van der Waals surface area contributed by atoms with Crippen LogP contribution in [-0.4, -0.2) is 22.4 Å². The monoisotopic (exact) mass is 231 g/mol. The number of carbonyl (C=O) groups is 1. The maximum absolute atomic E-state index is 11.8. The van der Waals surface area contributed by atoms with Gasteiger partial charge >= 0.3 is 0 Å². The van der Waals surface area contributed by atoms with Crippen LogP contribution < -0.4 is 5.32 Å². The van der Waals surface area contributed by atoms with Gasteiger partial charge < -0.3 is 5.32 Å². The van der Waals surface area contributed by atoms with Gasteiger partial charge in [0.25, 0.3) is 0 Å². The summed E-state index contributed by atoms with van der Waals surface area (Å²) in [5.41, 5.74) is 1.05. The van der Waals surface area contributed by atoms with Crippen LogP contribution in [0.15, 0.2) is 30.9 Å². The number of nitrogens with zero attached hydrogens (tertiary/aromatic N) is 2. The first-order valence-corrected chi connectivity index (χ1v) is 6.03. The van der Waals surface area contributed by atoms with Crippen molar-refractivity contribution in [2.45, 2.75) is 25.7 Å². The molecule has 0 saturated heterocycles. The van der Waals surface area contributed by atoms with Crippen molar-refractivity contribution in [2.75, 3.05) is 6.54 Å². The Balaban J connectivity index is 1.71. The summed E-state index contributed by atoms with van der Waals surface area (Å²) >= 11 is 0. The number of nitrogens with one attached hydrogen (secondary N) is 1. The highest BCUT2D eigenvalue weighted by Gasteiger charge is 2.17. The molecular weight excluding hydrogens is 214 g/mol. The third kappa shape index (κ3) is 3.66. The molecule has 0 unspecified atom stereocenters. The van der Waals surface area contributed by atoms with Crippen LogP contribution in [0, 0.1) is 5.92 Å². The fraction of sp³-hybridized carbons (Fsp3) is 0.462. The topological polar surface area (TPSA) is 54.9 Å². The summed E-state index contributed by atoms with van der Waals surface area (Å²) in [6.45, 7) is 0.659. The van der Waals surface area contributed by atoms with E-state index >= 15 is 0 Å². The van der Waals surface area contributed by atoms with Crippen LogP contribution in [0.25, 0.3) is 0 Å². The lowest BCUT2D eigenvalue weighted by Crippen LogP contribution is -2.32. The fourth-order valence-corrected chi connectivity index (χ4v) is 1.97. The van der Waals surface area contributed by atoms with Gasteiger partial charge in [0.15, 0.2) is 0 Å². The van der Waals surface area contributed by atoms with Crippen molar-refractivity contribution in [3.8, 4) is 0 Å². The van der Waals surface area contributed by atoms with E-state index in [1.165, 1.54) is 6.33 Å². The number of aromatic nitrogens is 2. The molecule has 1 aromatic rings. The molecule has 2 rings (SSSR count). The molecule has 0 spiro atoms. The van der Waals surface area contributed by atoms with Crippen LogP contribution in [0.1, 0.15) is 24.8 Å². The zero-order chi connectivity index (χ0) is 11.9. The Morgan fingerprint density at radius 3 is 2.88 bits per heavy atom. The predicted octanol–water partition coefficient (Wildman–Crippen LogP) is 1.49. The number of rotatable bonds is 4. The SMILES string of the molecule is O=C(NCCc1cncnc1)[C@H]1CC=CCC1. The van der Waals surface area contributed by atoms with Crippen molar-refractivity contribution in [1.29, 1.82) is 0 Å². The lowest BCUT2D eigenvalue weighted by molar-refractivity contribution is -0.125. The van der Waals surface area contributed by atoms with E-state index in [9.17, 15) is 4.79 Å². The van der Waals surface area contributed by atoms with Crippen molar-refractivity contribution < 1.29 is 4.79 Å². The van der Waals surface area contributed by atoms with E-state index in [1.54, 1.807) is 12.4 Å². The van der Waals surface area contributed by atoms with E-state index in [0.717, 1.165) is 31.2 Å². The average Bonchev–Trinajstić information content (AvgIpc) is 2.41. The van der Waals surface area contributed by atoms with Crippen LogP contribution in [-0.2, 0) is 11.2 Å². The maximum Gasteiger partial charge on any atom is 0.223 e. The molecule has 0 radical (unpaired) electrons. The van der Waals surface area contributed by atoms with Crippen LogP contribution in [0.3, 0.4) is 0 Å². The van der Waals surface area contributed by atoms with Gasteiger partial charge in [-0.2, -0.15) is 0 Å². The number of hydrogen-bond donors (Lipinski definition) is 1. The lowest BCUT2D eigenvalue weighted by atomic mass is 9.94. The summed E-state index contributed by atoms with van der Waals surface area (Å²) < 4.78 is 0. The first kappa shape index (κ1) is 11.8. The van der Waals surface area contributed by atoms with Crippen molar-refractivity contribution in [1.82, 2.24) is 15.3 Å². The first-order chi connectivity index (χ1) is 8.36. The van der Waals surface area contributed by atoms with Gasteiger partial charge in [0, 0.05) is 24.9 Å². The van der Waals surface area contributed by atoms with Crippen molar-refractivity contribution in [3.63, 3.8) is 0 Å². The first-order valence-electron chi connectivity index (χ1n) is 6.03. The summed E-state index contributed by atoms with van der Waals surface area (Å²) in [4.78, 5) is 19.7. The molecule has 17 heavy (non-hydrogen) atoms. The molecule has 90 valence electrons. The minimum Gasteiger partial charge on any atom is -0.356 e. The molecule has 1 atom stereocenters. The molecule has 1 amide bonds. The molecule has 1 aliphatic rings. The maximum atomic E-state index is 11.8. The second kappa shape index (κ2) is 6.13. The molecule has 0 saturated carbocycles. The second-order valence-corrected chi connectivity index (χ2v) is 4.27. The molecule has 0 aliphatic heterocycles. The van der Waals surface area contributed by atoms with E-state index in [2.05, 4.69) is 27.4 Å². The summed E-state index contributed by atoms with van der Waals surface area (Å²) in [5.74, 6) is 0.332. The highest BCUT2D eigenvalue weighted by molar-refractivity contribution is 5.78. The Bertz CT molecular complexity index is 389. The van der Waals surface area contributed by atoms with E-state index in [-0.39, 0.29) is 11.8 Å². The van der Waals surface area contributed by atoms with Crippen LogP contribution in [0.5, 0.6) is 0 Å². The largest absolute Gasteiger partial charge is 0.356 e. The molecule has 0 aromatic carbocycles. The Labute approximate surface area is 101 Å². The molecule has 4 heteroatoms. The Kier molecular flexibility index (Phi) is 4.24. The van der Waals surface area contributed by atoms with Gasteiger partial charge in [-0.15, -0.1) is 0 Å². The molecular formula is C13H17N3O. The smallest absolute Gasteiger partial charge is 0.223 e. The number of hydrogen-bond acceptors (Lipinski definition) is 3. The molecule has 1 aliphatic carbocycles. The quantitative estimate of drug-likeness (QED) is 0.799. The number of allylic oxidation sites excluding steroid dienone is 2. The normalized spacial score (nSPS) is 18.9. The molecule has 0 fully saturated rings. The highest BCUT2D eigenvalue weighted by Crippen LogP contribution is 2.17. The molecule has 4 nitrogen and oxygen atoms in total. The molecule has 0 bridgehead atoms. The lowest BCUT2D eigenvalue weighted by Gasteiger charge is -2.17. The molecule has 1 aromatic heterocycles. The molecule has 1 heterocycles. The van der Waals surface area contributed by atoms with E-state index in [0.29, 0.717) is 6.54 Å². The standard InChI is InChI=1S/C13H17N3O/c17-13(12-4-2-1-3-5-12)16-7-6-11-8-14-10-15-9-11/h1-2,8-10,12H,3-7H2,(H,16,17)/t12-/m0/s1. The summed E-state index contributed by atoms with van der Waals surface area (Å²) in [7, 11) is 0. The van der Waals surface area contributed by atoms with Gasteiger partial charge in [-0.1, -0.05) is 12.2 Å². The van der Waals surface area contributed by atoms with Gasteiger partial charge in [0.2, 0.25) is 5.91 Å². The zero-order valence-corrected chi connectivity index (χ0v) is 9.80. The number of amides is 1. The summed E-state index contributed by atoms with van der Waals surface area (Å²) in [6.07, 6.45) is 13.0. The minimum atomic E-state index is 0.159. The Hall–Kier alpha value is -1.71. The van der Waals surface area contributed by atoms with Crippen molar-refractivity contribution in [2.24, 2.45) is 5.92 Å². The Morgan fingerprint density at radius 2 is 2.18 bits per heavy atom. The summed E-state index contributed by atoms with van der Waals surface area (Å²) in [5, 5.41) is 2.97. The van der Waals surface area contributed by atoms with Crippen molar-refractivity contribution >= 4 is 5.91 Å².